The van der Waals surface area contributed by atoms with Crippen LogP contribution in [0.25, 0.3) is 0 Å². The highest BCUT2D eigenvalue weighted by Crippen LogP contribution is 2.31. The van der Waals surface area contributed by atoms with Crippen LogP contribution >= 0.6 is 11.6 Å². The second-order valence-corrected chi connectivity index (χ2v) is 4.40. The molecule has 1 heterocycles. The highest BCUT2D eigenvalue weighted by Gasteiger charge is 2.11. The zero-order valence-electron chi connectivity index (χ0n) is 10.2. The molecule has 0 spiro atoms. The Labute approximate surface area is 115 Å². The third-order valence-electron chi connectivity index (χ3n) is 2.44. The Morgan fingerprint density at radius 3 is 2.68 bits per heavy atom. The maximum atomic E-state index is 11.1. The molecule has 0 radical (unpaired) electrons. The number of nitrogens with zero attached hydrogens (tertiary/aromatic N) is 1. The Kier molecular flexibility index (Phi) is 3.57. The molecule has 0 atom stereocenters. The third-order valence-corrected chi connectivity index (χ3v) is 2.73. The molecule has 0 bridgehead atoms. The number of carbonyl (C=O) groups is 1. The molecule has 1 amide bonds. The second-order valence-electron chi connectivity index (χ2n) is 3.99. The molecule has 19 heavy (non-hydrogen) atoms. The highest BCUT2D eigenvalue weighted by atomic mass is 35.5. The Hall–Kier alpha value is -2.27. The van der Waals surface area contributed by atoms with Crippen molar-refractivity contribution in [2.75, 3.05) is 5.73 Å². The monoisotopic (exact) mass is 277 g/mol. The minimum Gasteiger partial charge on any atom is -0.435 e. The summed E-state index contributed by atoms with van der Waals surface area (Å²) in [5, 5.41) is 0.436. The molecule has 1 aromatic carbocycles. The number of nitrogens with two attached hydrogens (primary N) is 2. The molecule has 0 aliphatic carbocycles. The van der Waals surface area contributed by atoms with Crippen molar-refractivity contribution in [3.63, 3.8) is 0 Å². The van der Waals surface area contributed by atoms with Crippen LogP contribution in [0.15, 0.2) is 30.3 Å². The summed E-state index contributed by atoms with van der Waals surface area (Å²) in [6.07, 6.45) is 0. The zero-order valence-corrected chi connectivity index (χ0v) is 10.9. The van der Waals surface area contributed by atoms with E-state index in [0.29, 0.717) is 16.5 Å². The van der Waals surface area contributed by atoms with Crippen molar-refractivity contribution in [1.29, 1.82) is 0 Å². The number of pyridine rings is 1. The number of benzene rings is 1. The molecule has 5 nitrogen and oxygen atoms in total. The van der Waals surface area contributed by atoms with Crippen LogP contribution in [-0.4, -0.2) is 10.9 Å². The van der Waals surface area contributed by atoms with Gasteiger partial charge in [-0.3, -0.25) is 4.79 Å². The molecule has 4 N–H and O–H groups in total. The van der Waals surface area contributed by atoms with Gasteiger partial charge in [-0.15, -0.1) is 0 Å². The largest absolute Gasteiger partial charge is 0.435 e. The van der Waals surface area contributed by atoms with E-state index in [4.69, 9.17) is 27.8 Å². The van der Waals surface area contributed by atoms with Gasteiger partial charge in [0.25, 0.3) is 5.91 Å². The number of carbonyl (C=O) groups excluding carboxylic acids is 1. The first-order chi connectivity index (χ1) is 8.97. The van der Waals surface area contributed by atoms with Crippen molar-refractivity contribution >= 4 is 23.2 Å². The van der Waals surface area contributed by atoms with Crippen molar-refractivity contribution < 1.29 is 9.53 Å². The molecule has 6 heteroatoms. The summed E-state index contributed by atoms with van der Waals surface area (Å²) in [5.74, 6) is -0.144. The van der Waals surface area contributed by atoms with Gasteiger partial charge in [0, 0.05) is 0 Å². The Bertz CT molecular complexity index is 644. The van der Waals surface area contributed by atoms with E-state index in [2.05, 4.69) is 4.98 Å². The van der Waals surface area contributed by atoms with Crippen LogP contribution < -0.4 is 16.2 Å². The maximum absolute atomic E-state index is 11.1. The summed E-state index contributed by atoms with van der Waals surface area (Å²) >= 11 is 6.05. The first-order valence-electron chi connectivity index (χ1n) is 5.47. The Morgan fingerprint density at radius 2 is 2.05 bits per heavy atom. The third kappa shape index (κ3) is 2.95. The van der Waals surface area contributed by atoms with E-state index in [9.17, 15) is 4.79 Å². The van der Waals surface area contributed by atoms with Gasteiger partial charge in [0.2, 0.25) is 5.88 Å². The summed E-state index contributed by atoms with van der Waals surface area (Å²) in [6, 6.07) is 8.24. The lowest BCUT2D eigenvalue weighted by Gasteiger charge is -2.10. The number of amides is 1. The van der Waals surface area contributed by atoms with Crippen LogP contribution in [0, 0.1) is 6.92 Å². The fourth-order valence-corrected chi connectivity index (χ4v) is 1.74. The van der Waals surface area contributed by atoms with E-state index in [1.54, 1.807) is 12.1 Å². The predicted molar refractivity (Wildman–Crippen MR) is 73.4 cm³/mol. The summed E-state index contributed by atoms with van der Waals surface area (Å²) in [4.78, 5) is 15.0. The van der Waals surface area contributed by atoms with Crippen molar-refractivity contribution in [3.8, 4) is 11.6 Å². The van der Waals surface area contributed by atoms with Gasteiger partial charge in [-0.1, -0.05) is 17.7 Å². The molecular weight excluding hydrogens is 266 g/mol. The van der Waals surface area contributed by atoms with Crippen LogP contribution in [0.1, 0.15) is 16.1 Å². The average Bonchev–Trinajstić information content (AvgIpc) is 2.34. The normalized spacial score (nSPS) is 10.2. The fraction of sp³-hybridized carbons (Fsp3) is 0.0769. The molecule has 1 aromatic heterocycles. The number of hydrogen-bond acceptors (Lipinski definition) is 4. The SMILES string of the molecule is Cc1ccc(Oc2nc(C(N)=O)ccc2N)c(Cl)c1. The van der Waals surface area contributed by atoms with Gasteiger partial charge in [-0.05, 0) is 36.8 Å². The molecule has 2 aromatic rings. The van der Waals surface area contributed by atoms with Crippen molar-refractivity contribution in [2.24, 2.45) is 5.73 Å². The molecule has 0 fully saturated rings. The number of aryl methyl sites for hydroxylation is 1. The van der Waals surface area contributed by atoms with Crippen molar-refractivity contribution in [3.05, 3.63) is 46.6 Å². The van der Waals surface area contributed by atoms with Crippen molar-refractivity contribution in [2.45, 2.75) is 6.92 Å². The molecule has 98 valence electrons. The zero-order chi connectivity index (χ0) is 14.0. The number of rotatable bonds is 3. The number of hydrogen-bond donors (Lipinski definition) is 2. The predicted octanol–water partition coefficient (Wildman–Crippen LogP) is 2.52. The molecule has 0 aliphatic heterocycles. The van der Waals surface area contributed by atoms with Gasteiger partial charge < -0.3 is 16.2 Å². The van der Waals surface area contributed by atoms with Crippen LogP contribution in [0.3, 0.4) is 0 Å². The quantitative estimate of drug-likeness (QED) is 0.902. The summed E-state index contributed by atoms with van der Waals surface area (Å²) in [7, 11) is 0. The van der Waals surface area contributed by atoms with Gasteiger partial charge >= 0.3 is 0 Å². The van der Waals surface area contributed by atoms with Gasteiger partial charge in [0.15, 0.2) is 0 Å². The number of aromatic nitrogens is 1. The minimum absolute atomic E-state index is 0.0763. The Balaban J connectivity index is 2.37. The van der Waals surface area contributed by atoms with E-state index in [1.165, 1.54) is 12.1 Å². The van der Waals surface area contributed by atoms with E-state index >= 15 is 0 Å². The van der Waals surface area contributed by atoms with Crippen LogP contribution in [0.5, 0.6) is 11.6 Å². The summed E-state index contributed by atoms with van der Waals surface area (Å²) < 4.78 is 5.51. The first kappa shape index (κ1) is 13.2. The van der Waals surface area contributed by atoms with Crippen LogP contribution in [0.2, 0.25) is 5.02 Å². The summed E-state index contributed by atoms with van der Waals surface area (Å²) in [5.41, 5.74) is 12.3. The number of ether oxygens (including phenoxy) is 1. The fourth-order valence-electron chi connectivity index (χ4n) is 1.46. The van der Waals surface area contributed by atoms with E-state index in [0.717, 1.165) is 5.56 Å². The smallest absolute Gasteiger partial charge is 0.267 e. The number of anilines is 1. The van der Waals surface area contributed by atoms with Crippen molar-refractivity contribution in [1.82, 2.24) is 4.98 Å². The topological polar surface area (TPSA) is 91.2 Å². The lowest BCUT2D eigenvalue weighted by atomic mass is 10.2. The highest BCUT2D eigenvalue weighted by molar-refractivity contribution is 6.32. The lowest BCUT2D eigenvalue weighted by molar-refractivity contribution is 0.0995. The number of nitrogen functional groups attached to an aromatic ring is 1. The lowest BCUT2D eigenvalue weighted by Crippen LogP contribution is -2.13. The van der Waals surface area contributed by atoms with E-state index in [-0.39, 0.29) is 11.6 Å². The molecule has 0 unspecified atom stereocenters. The molecule has 2 rings (SSSR count). The maximum Gasteiger partial charge on any atom is 0.267 e. The summed E-state index contributed by atoms with van der Waals surface area (Å²) in [6.45, 7) is 1.91. The van der Waals surface area contributed by atoms with Crippen LogP contribution in [0.4, 0.5) is 5.69 Å². The second kappa shape index (κ2) is 5.16. The van der Waals surface area contributed by atoms with E-state index < -0.39 is 5.91 Å². The Morgan fingerprint density at radius 1 is 1.32 bits per heavy atom. The first-order valence-corrected chi connectivity index (χ1v) is 5.85. The van der Waals surface area contributed by atoms with Gasteiger partial charge in [-0.2, -0.15) is 0 Å². The molecule has 0 saturated carbocycles. The molecular formula is C13H12ClN3O2. The number of halogens is 1. The van der Waals surface area contributed by atoms with Gasteiger partial charge in [-0.25, -0.2) is 4.98 Å². The number of primary amides is 1. The van der Waals surface area contributed by atoms with Gasteiger partial charge in [0.05, 0.1) is 10.7 Å². The van der Waals surface area contributed by atoms with Crippen LogP contribution in [-0.2, 0) is 0 Å². The average molecular weight is 278 g/mol. The van der Waals surface area contributed by atoms with Gasteiger partial charge in [0.1, 0.15) is 11.4 Å². The van der Waals surface area contributed by atoms with E-state index in [1.807, 2.05) is 13.0 Å². The standard InChI is InChI=1S/C13H12ClN3O2/c1-7-2-5-11(8(14)6-7)19-13-9(15)3-4-10(17-13)12(16)18/h2-6H,15H2,1H3,(H2,16,18). The molecule has 0 aliphatic rings. The minimum atomic E-state index is -0.653. The molecule has 0 saturated heterocycles.